The smallest absolute Gasteiger partial charge is 0.305 e. The van der Waals surface area contributed by atoms with E-state index in [1.54, 1.807) is 0 Å². The Balaban J connectivity index is 2.88. The van der Waals surface area contributed by atoms with E-state index in [0.717, 1.165) is 0 Å². The molecule has 108 valence electrons. The summed E-state index contributed by atoms with van der Waals surface area (Å²) in [6, 6.07) is 5.03. The fourth-order valence-electron chi connectivity index (χ4n) is 1.87. The molecule has 1 aromatic carbocycles. The fourth-order valence-corrected chi connectivity index (χ4v) is 1.87. The number of hydrogen-bond acceptors (Lipinski definition) is 4. The standard InChI is InChI=1S/C13H16N2O5/c1-2-5-9(8-12(16)17)14-13(18)10-6-3-4-7-11(10)15(19)20/h3-4,6-7,9H,2,5,8H2,1H3,(H,14,18)(H,16,17). The molecule has 1 atom stereocenters. The zero-order chi connectivity index (χ0) is 15.1. The average molecular weight is 280 g/mol. The molecule has 0 aromatic heterocycles. The van der Waals surface area contributed by atoms with Gasteiger partial charge in [-0.15, -0.1) is 0 Å². The molecule has 0 aliphatic rings. The third-order valence-corrected chi connectivity index (χ3v) is 2.74. The molecular weight excluding hydrogens is 264 g/mol. The fraction of sp³-hybridized carbons (Fsp3) is 0.385. The quantitative estimate of drug-likeness (QED) is 0.586. The summed E-state index contributed by atoms with van der Waals surface area (Å²) in [6.45, 7) is 1.87. The van der Waals surface area contributed by atoms with Crippen LogP contribution in [-0.4, -0.2) is 27.9 Å². The maximum Gasteiger partial charge on any atom is 0.305 e. The van der Waals surface area contributed by atoms with Crippen LogP contribution in [0.25, 0.3) is 0 Å². The number of nitro groups is 1. The number of amides is 1. The molecule has 2 N–H and O–H groups in total. The van der Waals surface area contributed by atoms with Crippen LogP contribution in [0.5, 0.6) is 0 Å². The first kappa shape index (κ1) is 15.6. The number of carbonyl (C=O) groups excluding carboxylic acids is 1. The Bertz CT molecular complexity index is 515. The van der Waals surface area contributed by atoms with E-state index in [1.807, 2.05) is 6.92 Å². The molecule has 1 amide bonds. The zero-order valence-electron chi connectivity index (χ0n) is 11.0. The van der Waals surface area contributed by atoms with Gasteiger partial charge in [-0.05, 0) is 12.5 Å². The summed E-state index contributed by atoms with van der Waals surface area (Å²) in [5.74, 6) is -1.65. The lowest BCUT2D eigenvalue weighted by Gasteiger charge is -2.16. The first-order valence-corrected chi connectivity index (χ1v) is 6.21. The second kappa shape index (κ2) is 7.22. The Morgan fingerprint density at radius 3 is 2.60 bits per heavy atom. The Morgan fingerprint density at radius 2 is 2.05 bits per heavy atom. The molecule has 0 saturated carbocycles. The molecule has 1 rings (SSSR count). The van der Waals surface area contributed by atoms with E-state index in [1.165, 1.54) is 24.3 Å². The lowest BCUT2D eigenvalue weighted by atomic mass is 10.1. The molecule has 0 saturated heterocycles. The zero-order valence-corrected chi connectivity index (χ0v) is 11.0. The van der Waals surface area contributed by atoms with Crippen molar-refractivity contribution in [2.75, 3.05) is 0 Å². The van der Waals surface area contributed by atoms with Gasteiger partial charge in [0.1, 0.15) is 5.56 Å². The number of nitrogens with one attached hydrogen (secondary N) is 1. The van der Waals surface area contributed by atoms with Crippen molar-refractivity contribution in [1.82, 2.24) is 5.32 Å². The van der Waals surface area contributed by atoms with Gasteiger partial charge in [0.2, 0.25) is 0 Å². The van der Waals surface area contributed by atoms with Crippen molar-refractivity contribution in [3.8, 4) is 0 Å². The van der Waals surface area contributed by atoms with Gasteiger partial charge in [-0.3, -0.25) is 19.7 Å². The van der Waals surface area contributed by atoms with E-state index >= 15 is 0 Å². The van der Waals surface area contributed by atoms with Crippen LogP contribution in [0, 0.1) is 10.1 Å². The number of nitro benzene ring substituents is 1. The second-order valence-corrected chi connectivity index (χ2v) is 4.33. The third-order valence-electron chi connectivity index (χ3n) is 2.74. The van der Waals surface area contributed by atoms with Crippen molar-refractivity contribution in [2.45, 2.75) is 32.2 Å². The van der Waals surface area contributed by atoms with Crippen LogP contribution in [0.2, 0.25) is 0 Å². The monoisotopic (exact) mass is 280 g/mol. The van der Waals surface area contributed by atoms with E-state index < -0.39 is 22.8 Å². The van der Waals surface area contributed by atoms with E-state index in [9.17, 15) is 19.7 Å². The van der Waals surface area contributed by atoms with Crippen LogP contribution in [0.4, 0.5) is 5.69 Å². The van der Waals surface area contributed by atoms with Gasteiger partial charge in [-0.2, -0.15) is 0 Å². The van der Waals surface area contributed by atoms with Crippen molar-refractivity contribution in [3.63, 3.8) is 0 Å². The Morgan fingerprint density at radius 1 is 1.40 bits per heavy atom. The maximum atomic E-state index is 12.0. The summed E-state index contributed by atoms with van der Waals surface area (Å²) in [5, 5.41) is 22.2. The summed E-state index contributed by atoms with van der Waals surface area (Å²) in [4.78, 5) is 33.0. The van der Waals surface area contributed by atoms with Gasteiger partial charge in [0.15, 0.2) is 0 Å². The predicted octanol–water partition coefficient (Wildman–Crippen LogP) is 1.97. The predicted molar refractivity (Wildman–Crippen MR) is 71.5 cm³/mol. The number of carbonyl (C=O) groups is 2. The van der Waals surface area contributed by atoms with E-state index in [4.69, 9.17) is 5.11 Å². The number of carboxylic acids is 1. The lowest BCUT2D eigenvalue weighted by molar-refractivity contribution is -0.385. The molecule has 0 aliphatic carbocycles. The molecule has 7 heteroatoms. The van der Waals surface area contributed by atoms with Crippen LogP contribution in [0.1, 0.15) is 36.5 Å². The second-order valence-electron chi connectivity index (χ2n) is 4.33. The molecular formula is C13H16N2O5. The largest absolute Gasteiger partial charge is 0.481 e. The number of aliphatic carboxylic acids is 1. The Kier molecular flexibility index (Phi) is 5.64. The summed E-state index contributed by atoms with van der Waals surface area (Å²) in [5.41, 5.74) is -0.362. The van der Waals surface area contributed by atoms with Gasteiger partial charge in [0.25, 0.3) is 11.6 Å². The van der Waals surface area contributed by atoms with Gasteiger partial charge in [-0.1, -0.05) is 25.5 Å². The molecule has 0 aliphatic heterocycles. The minimum absolute atomic E-state index is 0.0657. The van der Waals surface area contributed by atoms with Crippen LogP contribution in [-0.2, 0) is 4.79 Å². The normalized spacial score (nSPS) is 11.7. The van der Waals surface area contributed by atoms with E-state index in [2.05, 4.69) is 5.32 Å². The summed E-state index contributed by atoms with van der Waals surface area (Å²) in [7, 11) is 0. The molecule has 0 bridgehead atoms. The molecule has 7 nitrogen and oxygen atoms in total. The Labute approximate surface area is 115 Å². The summed E-state index contributed by atoms with van der Waals surface area (Å²) in [6.07, 6.45) is 0.994. The molecule has 20 heavy (non-hydrogen) atoms. The van der Waals surface area contributed by atoms with Crippen molar-refractivity contribution < 1.29 is 19.6 Å². The number of benzene rings is 1. The SMILES string of the molecule is CCCC(CC(=O)O)NC(=O)c1ccccc1[N+](=O)[O-]. The van der Waals surface area contributed by atoms with Gasteiger partial charge in [-0.25, -0.2) is 0 Å². The molecule has 0 radical (unpaired) electrons. The number of carboxylic acid groups (broad SMARTS) is 1. The average Bonchev–Trinajstić information content (AvgIpc) is 2.38. The molecule has 1 unspecified atom stereocenters. The highest BCUT2D eigenvalue weighted by molar-refractivity contribution is 5.98. The van der Waals surface area contributed by atoms with E-state index in [0.29, 0.717) is 12.8 Å². The minimum atomic E-state index is -1.02. The molecule has 0 spiro atoms. The summed E-state index contributed by atoms with van der Waals surface area (Å²) >= 11 is 0. The van der Waals surface area contributed by atoms with Crippen LogP contribution >= 0.6 is 0 Å². The highest BCUT2D eigenvalue weighted by Crippen LogP contribution is 2.18. The van der Waals surface area contributed by atoms with Gasteiger partial charge in [0.05, 0.1) is 11.3 Å². The molecule has 0 fully saturated rings. The lowest BCUT2D eigenvalue weighted by Crippen LogP contribution is -2.36. The highest BCUT2D eigenvalue weighted by atomic mass is 16.6. The highest BCUT2D eigenvalue weighted by Gasteiger charge is 2.22. The van der Waals surface area contributed by atoms with Crippen LogP contribution in [0.15, 0.2) is 24.3 Å². The van der Waals surface area contributed by atoms with Gasteiger partial charge < -0.3 is 10.4 Å². The molecule has 1 aromatic rings. The number of rotatable bonds is 7. The number of nitrogens with zero attached hydrogens (tertiary/aromatic N) is 1. The van der Waals surface area contributed by atoms with Crippen molar-refractivity contribution in [2.24, 2.45) is 0 Å². The summed E-state index contributed by atoms with van der Waals surface area (Å²) < 4.78 is 0. The van der Waals surface area contributed by atoms with Crippen molar-refractivity contribution in [1.29, 1.82) is 0 Å². The first-order chi connectivity index (χ1) is 9.45. The number of para-hydroxylation sites is 1. The topological polar surface area (TPSA) is 110 Å². The minimum Gasteiger partial charge on any atom is -0.481 e. The van der Waals surface area contributed by atoms with E-state index in [-0.39, 0.29) is 17.7 Å². The van der Waals surface area contributed by atoms with Crippen LogP contribution < -0.4 is 5.32 Å². The third kappa shape index (κ3) is 4.34. The number of hydrogen-bond donors (Lipinski definition) is 2. The van der Waals surface area contributed by atoms with Crippen molar-refractivity contribution >= 4 is 17.6 Å². The van der Waals surface area contributed by atoms with Gasteiger partial charge in [0, 0.05) is 12.1 Å². The van der Waals surface area contributed by atoms with Crippen LogP contribution in [0.3, 0.4) is 0 Å². The van der Waals surface area contributed by atoms with Crippen molar-refractivity contribution in [3.05, 3.63) is 39.9 Å². The molecule has 0 heterocycles. The van der Waals surface area contributed by atoms with Gasteiger partial charge >= 0.3 is 5.97 Å². The first-order valence-electron chi connectivity index (χ1n) is 6.21. The maximum absolute atomic E-state index is 12.0. The Hall–Kier alpha value is -2.44.